The Balaban J connectivity index is 2.92. The van der Waals surface area contributed by atoms with Crippen LogP contribution in [0, 0.1) is 0 Å². The van der Waals surface area contributed by atoms with Gasteiger partial charge in [0.2, 0.25) is 20.2 Å². The molecule has 9 nitrogen and oxygen atoms in total. The van der Waals surface area contributed by atoms with Crippen molar-refractivity contribution >= 4 is 100 Å². The van der Waals surface area contributed by atoms with Gasteiger partial charge in [-0.2, -0.15) is 0 Å². The van der Waals surface area contributed by atoms with Gasteiger partial charge in [-0.3, -0.25) is 0 Å². The number of allylic oxidation sites excluding steroid dienone is 1. The monoisotopic (exact) mass is 465 g/mol. The van der Waals surface area contributed by atoms with E-state index in [0.717, 1.165) is 6.04 Å². The van der Waals surface area contributed by atoms with E-state index in [1.807, 2.05) is 0 Å². The fraction of sp³-hybridized carbons (Fsp3) is 0.333. The highest BCUT2D eigenvalue weighted by atomic mass is 28.4. The van der Waals surface area contributed by atoms with E-state index in [4.69, 9.17) is 32.9 Å². The molecule has 21 radical (unpaired) electrons. The third kappa shape index (κ3) is 21.5. The fourth-order valence-electron chi connectivity index (χ4n) is 0.416. The third-order valence-corrected chi connectivity index (χ3v) is 7.33. The summed E-state index contributed by atoms with van der Waals surface area (Å²) in [6.45, 7) is 3.59. The summed E-state index contributed by atoms with van der Waals surface area (Å²) in [5.41, 5.74) is 0. The van der Waals surface area contributed by atoms with Crippen molar-refractivity contribution in [2.45, 2.75) is 6.04 Å². The van der Waals surface area contributed by atoms with E-state index in [1.54, 1.807) is 6.08 Å². The van der Waals surface area contributed by atoms with Crippen molar-refractivity contribution < 1.29 is 37.0 Å². The van der Waals surface area contributed by atoms with Gasteiger partial charge >= 0.3 is 80.1 Å². The predicted octanol–water partition coefficient (Wildman–Crippen LogP) is -3.28. The maximum Gasteiger partial charge on any atom is 0.412 e. The SMILES string of the molecule is C=CC[Si]O[Si]O[Si]O[Si]O[Si]O[Si]O[Si]O[Si]O[Si]O[Si]. The van der Waals surface area contributed by atoms with Crippen LogP contribution in [0.1, 0.15) is 0 Å². The zero-order valence-electron chi connectivity index (χ0n) is 10.7. The van der Waals surface area contributed by atoms with Crippen molar-refractivity contribution in [3.63, 3.8) is 0 Å². The molecular formula is C3H5O9Si10. The third-order valence-electron chi connectivity index (χ3n) is 0.967. The summed E-state index contributed by atoms with van der Waals surface area (Å²) in [6, 6.07) is 0.830. The first kappa shape index (κ1) is 23.5. The van der Waals surface area contributed by atoms with Crippen LogP contribution < -0.4 is 0 Å². The maximum atomic E-state index is 5.17. The summed E-state index contributed by atoms with van der Waals surface area (Å²) in [6.07, 6.45) is 1.79. The highest BCUT2D eigenvalue weighted by Crippen LogP contribution is 1.81. The molecule has 0 heterocycles. The molecule has 0 unspecified atom stereocenters. The Bertz CT molecular complexity index is 226. The second kappa shape index (κ2) is 22.5. The van der Waals surface area contributed by atoms with Crippen molar-refractivity contribution in [1.82, 2.24) is 0 Å². The van der Waals surface area contributed by atoms with E-state index in [1.165, 1.54) is 0 Å². The minimum atomic E-state index is -0.165. The molecule has 0 aliphatic heterocycles. The lowest BCUT2D eigenvalue weighted by Gasteiger charge is -2.02. The van der Waals surface area contributed by atoms with Crippen molar-refractivity contribution in [3.05, 3.63) is 12.7 Å². The topological polar surface area (TPSA) is 83.1 Å². The molecule has 0 saturated heterocycles. The van der Waals surface area contributed by atoms with Crippen LogP contribution >= 0.6 is 0 Å². The molecule has 19 heteroatoms. The van der Waals surface area contributed by atoms with Crippen LogP contribution in [0.5, 0.6) is 0 Å². The molecule has 0 spiro atoms. The normalized spacial score (nSPS) is 11.0. The standard InChI is InChI=1S/C3H5O9Si10/c1-2-3-14-5-16-7-18-9-20-11-22-12-21-10-19-8-17-6-15-4-13/h2H,1,3H2. The van der Waals surface area contributed by atoms with Crippen LogP contribution in [0.2, 0.25) is 6.04 Å². The Morgan fingerprint density at radius 1 is 0.636 bits per heavy atom. The van der Waals surface area contributed by atoms with E-state index >= 15 is 0 Å². The summed E-state index contributed by atoms with van der Waals surface area (Å²) in [4.78, 5) is 0. The average Bonchev–Trinajstić information content (AvgIpc) is 2.54. The van der Waals surface area contributed by atoms with Crippen LogP contribution in [0.4, 0.5) is 0 Å². The zero-order valence-corrected chi connectivity index (χ0v) is 20.7. The quantitative estimate of drug-likeness (QED) is 0.111. The molecule has 0 bridgehead atoms. The molecule has 0 atom stereocenters. The van der Waals surface area contributed by atoms with Crippen molar-refractivity contribution in [1.29, 1.82) is 0 Å². The Morgan fingerprint density at radius 3 is 1.36 bits per heavy atom. The van der Waals surface area contributed by atoms with Gasteiger partial charge < -0.3 is 37.0 Å². The molecule has 0 amide bonds. The molecule has 0 aliphatic rings. The summed E-state index contributed by atoms with van der Waals surface area (Å²) in [5, 5.41) is 0. The second-order valence-corrected chi connectivity index (χ2v) is 11.6. The van der Waals surface area contributed by atoms with E-state index in [2.05, 4.69) is 21.2 Å². The minimum Gasteiger partial charge on any atom is -0.435 e. The molecule has 0 N–H and O–H groups in total. The summed E-state index contributed by atoms with van der Waals surface area (Å²) in [5.74, 6) is 0. The van der Waals surface area contributed by atoms with E-state index in [9.17, 15) is 0 Å². The van der Waals surface area contributed by atoms with Crippen LogP contribution in [0.3, 0.4) is 0 Å². The van der Waals surface area contributed by atoms with Crippen molar-refractivity contribution in [2.24, 2.45) is 0 Å². The molecule has 0 saturated carbocycles. The number of hydrogen-bond acceptors (Lipinski definition) is 9. The smallest absolute Gasteiger partial charge is 0.412 e. The Morgan fingerprint density at radius 2 is 1.00 bits per heavy atom. The summed E-state index contributed by atoms with van der Waals surface area (Å²) < 4.78 is 44.9. The summed E-state index contributed by atoms with van der Waals surface area (Å²) >= 11 is 0. The average molecular weight is 466 g/mol. The highest BCUT2D eigenvalue weighted by molar-refractivity contribution is 6.49. The van der Waals surface area contributed by atoms with Gasteiger partial charge in [-0.05, 0) is 6.04 Å². The van der Waals surface area contributed by atoms with Crippen LogP contribution in [0.25, 0.3) is 0 Å². The van der Waals surface area contributed by atoms with Gasteiger partial charge in [-0.1, -0.05) is 6.08 Å². The largest absolute Gasteiger partial charge is 0.435 e. The fourth-order valence-corrected chi connectivity index (χ4v) is 6.39. The minimum absolute atomic E-state index is 0.0260. The molecule has 0 aromatic rings. The first-order chi connectivity index (χ1) is 10.9. The molecule has 111 valence electrons. The van der Waals surface area contributed by atoms with Crippen LogP contribution in [-0.4, -0.2) is 100 Å². The molecule has 22 heavy (non-hydrogen) atoms. The lowest BCUT2D eigenvalue weighted by Crippen LogP contribution is -2.21. The Labute approximate surface area is 155 Å². The van der Waals surface area contributed by atoms with Crippen molar-refractivity contribution in [3.8, 4) is 0 Å². The number of rotatable bonds is 19. The van der Waals surface area contributed by atoms with Gasteiger partial charge in [0, 0.05) is 0 Å². The van der Waals surface area contributed by atoms with Gasteiger partial charge in [-0.25, -0.2) is 0 Å². The molecule has 0 aromatic heterocycles. The Hall–Kier alpha value is 1.55. The van der Waals surface area contributed by atoms with E-state index < -0.39 is 0 Å². The van der Waals surface area contributed by atoms with Crippen molar-refractivity contribution in [2.75, 3.05) is 0 Å². The first-order valence-corrected chi connectivity index (χ1v) is 12.9. The van der Waals surface area contributed by atoms with Gasteiger partial charge in [0.25, 0.3) is 0 Å². The second-order valence-electron chi connectivity index (χ2n) is 2.22. The van der Waals surface area contributed by atoms with E-state index in [-0.39, 0.29) is 80.1 Å². The van der Waals surface area contributed by atoms with Crippen LogP contribution in [-0.2, 0) is 37.0 Å². The molecule has 0 fully saturated rings. The summed E-state index contributed by atoms with van der Waals surface area (Å²) in [7, 11) is 2.16. The maximum absolute atomic E-state index is 5.17. The lowest BCUT2D eigenvalue weighted by atomic mass is 10.8. The predicted molar refractivity (Wildman–Crippen MR) is 82.3 cm³/mol. The lowest BCUT2D eigenvalue weighted by molar-refractivity contribution is 0.364. The van der Waals surface area contributed by atoms with Gasteiger partial charge in [-0.15, -0.1) is 6.58 Å². The molecule has 0 aliphatic carbocycles. The first-order valence-electron chi connectivity index (χ1n) is 4.84. The number of hydrogen-bond donors (Lipinski definition) is 0. The van der Waals surface area contributed by atoms with E-state index in [0.29, 0.717) is 9.76 Å². The van der Waals surface area contributed by atoms with Gasteiger partial charge in [0.05, 0.1) is 0 Å². The Kier molecular flexibility index (Phi) is 24.1. The highest BCUT2D eigenvalue weighted by Gasteiger charge is 2.03. The van der Waals surface area contributed by atoms with Crippen LogP contribution in [0.15, 0.2) is 12.7 Å². The zero-order chi connectivity index (χ0) is 16.1. The molecule has 0 rings (SSSR count). The van der Waals surface area contributed by atoms with Gasteiger partial charge in [0.1, 0.15) is 0 Å². The molecular weight excluding hydrogens is 461 g/mol. The molecule has 0 aromatic carbocycles. The van der Waals surface area contributed by atoms with Gasteiger partial charge in [0.15, 0.2) is 0 Å².